The van der Waals surface area contributed by atoms with E-state index in [1.165, 1.54) is 29.1 Å². The second-order valence-electron chi connectivity index (χ2n) is 3.63. The number of aromatic carboxylic acids is 1. The lowest BCUT2D eigenvalue weighted by Crippen LogP contribution is -2.21. The van der Waals surface area contributed by atoms with Gasteiger partial charge in [-0.2, -0.15) is 5.10 Å². The highest BCUT2D eigenvalue weighted by Crippen LogP contribution is 2.19. The van der Waals surface area contributed by atoms with E-state index >= 15 is 0 Å². The fourth-order valence-electron chi connectivity index (χ4n) is 1.48. The van der Waals surface area contributed by atoms with E-state index in [-0.39, 0.29) is 11.1 Å². The van der Waals surface area contributed by atoms with Crippen molar-refractivity contribution in [1.82, 2.24) is 9.78 Å². The van der Waals surface area contributed by atoms with E-state index in [1.807, 2.05) is 0 Å². The van der Waals surface area contributed by atoms with Gasteiger partial charge in [-0.15, -0.1) is 0 Å². The van der Waals surface area contributed by atoms with Gasteiger partial charge in [0.2, 0.25) is 0 Å². The number of carboxylic acid groups (broad SMARTS) is 1. The molecular formula is C12H9BrN2O3. The van der Waals surface area contributed by atoms with Crippen LogP contribution in [0.3, 0.4) is 0 Å². The van der Waals surface area contributed by atoms with Gasteiger partial charge < -0.3 is 5.11 Å². The molecule has 0 amide bonds. The number of carbonyl (C=O) groups is 1. The zero-order valence-electron chi connectivity index (χ0n) is 9.21. The van der Waals surface area contributed by atoms with Crippen LogP contribution < -0.4 is 5.56 Å². The topological polar surface area (TPSA) is 72.2 Å². The number of rotatable bonds is 3. The molecule has 0 radical (unpaired) electrons. The van der Waals surface area contributed by atoms with E-state index in [9.17, 15) is 9.59 Å². The van der Waals surface area contributed by atoms with Gasteiger partial charge >= 0.3 is 5.97 Å². The maximum Gasteiger partial charge on any atom is 0.335 e. The first-order chi connectivity index (χ1) is 8.58. The summed E-state index contributed by atoms with van der Waals surface area (Å²) in [4.78, 5) is 22.3. The van der Waals surface area contributed by atoms with E-state index in [2.05, 4.69) is 21.0 Å². The van der Waals surface area contributed by atoms with Crippen molar-refractivity contribution in [2.24, 2.45) is 0 Å². The molecule has 1 aromatic heterocycles. The first-order valence-corrected chi connectivity index (χ1v) is 5.91. The van der Waals surface area contributed by atoms with Gasteiger partial charge in [0.1, 0.15) is 0 Å². The summed E-state index contributed by atoms with van der Waals surface area (Å²) in [6.45, 7) is 0.292. The minimum absolute atomic E-state index is 0.194. The van der Waals surface area contributed by atoms with Crippen molar-refractivity contribution in [3.63, 3.8) is 0 Å². The molecule has 0 spiro atoms. The molecule has 6 heteroatoms. The van der Waals surface area contributed by atoms with E-state index in [0.29, 0.717) is 11.0 Å². The van der Waals surface area contributed by atoms with Gasteiger partial charge in [-0.05, 0) is 23.8 Å². The summed E-state index contributed by atoms with van der Waals surface area (Å²) < 4.78 is 1.94. The standard InChI is InChI=1S/C12H9BrN2O3/c13-10-6-8(12(17)18)3-4-9(10)7-15-11(16)2-1-5-14-15/h1-6H,7H2,(H,17,18). The summed E-state index contributed by atoms with van der Waals surface area (Å²) in [6.07, 6.45) is 1.53. The zero-order valence-corrected chi connectivity index (χ0v) is 10.8. The molecule has 0 atom stereocenters. The van der Waals surface area contributed by atoms with Crippen molar-refractivity contribution < 1.29 is 9.90 Å². The van der Waals surface area contributed by atoms with Crippen molar-refractivity contribution in [3.8, 4) is 0 Å². The van der Waals surface area contributed by atoms with Crippen LogP contribution in [0, 0.1) is 0 Å². The lowest BCUT2D eigenvalue weighted by Gasteiger charge is -2.06. The third-order valence-corrected chi connectivity index (χ3v) is 3.14. The molecule has 0 aliphatic rings. The number of aromatic nitrogens is 2. The van der Waals surface area contributed by atoms with E-state index < -0.39 is 5.97 Å². The third-order valence-electron chi connectivity index (χ3n) is 2.41. The number of nitrogens with zero attached hydrogens (tertiary/aromatic N) is 2. The Morgan fingerprint density at radius 3 is 2.78 bits per heavy atom. The molecule has 0 saturated carbocycles. The number of hydrogen-bond acceptors (Lipinski definition) is 3. The molecule has 0 bridgehead atoms. The van der Waals surface area contributed by atoms with E-state index in [1.54, 1.807) is 12.1 Å². The van der Waals surface area contributed by atoms with Crippen molar-refractivity contribution >= 4 is 21.9 Å². The minimum Gasteiger partial charge on any atom is -0.478 e. The zero-order chi connectivity index (χ0) is 13.1. The monoisotopic (exact) mass is 308 g/mol. The quantitative estimate of drug-likeness (QED) is 0.937. The molecule has 92 valence electrons. The van der Waals surface area contributed by atoms with Crippen molar-refractivity contribution in [3.05, 3.63) is 62.5 Å². The van der Waals surface area contributed by atoms with Crippen LogP contribution in [0.25, 0.3) is 0 Å². The molecule has 1 heterocycles. The fraction of sp³-hybridized carbons (Fsp3) is 0.0833. The summed E-state index contributed by atoms with van der Waals surface area (Å²) in [5.74, 6) is -0.989. The fourth-order valence-corrected chi connectivity index (χ4v) is 1.98. The lowest BCUT2D eigenvalue weighted by molar-refractivity contribution is 0.0697. The van der Waals surface area contributed by atoms with E-state index in [4.69, 9.17) is 5.11 Å². The highest BCUT2D eigenvalue weighted by atomic mass is 79.9. The van der Waals surface area contributed by atoms with Crippen LogP contribution in [0.4, 0.5) is 0 Å². The Bertz CT molecular complexity index is 652. The molecule has 0 fully saturated rings. The van der Waals surface area contributed by atoms with Crippen LogP contribution >= 0.6 is 15.9 Å². The Morgan fingerprint density at radius 2 is 2.17 bits per heavy atom. The van der Waals surface area contributed by atoms with Gasteiger partial charge in [-0.3, -0.25) is 4.79 Å². The van der Waals surface area contributed by atoms with Crippen LogP contribution in [0.1, 0.15) is 15.9 Å². The predicted octanol–water partition coefficient (Wildman–Crippen LogP) is 1.75. The van der Waals surface area contributed by atoms with Gasteiger partial charge in [-0.1, -0.05) is 22.0 Å². The molecule has 1 N–H and O–H groups in total. The largest absolute Gasteiger partial charge is 0.478 e. The smallest absolute Gasteiger partial charge is 0.335 e. The molecule has 18 heavy (non-hydrogen) atoms. The van der Waals surface area contributed by atoms with Crippen molar-refractivity contribution in [1.29, 1.82) is 0 Å². The normalized spacial score (nSPS) is 10.3. The number of hydrogen-bond donors (Lipinski definition) is 1. The minimum atomic E-state index is -0.989. The van der Waals surface area contributed by atoms with Crippen molar-refractivity contribution in [2.75, 3.05) is 0 Å². The number of benzene rings is 1. The van der Waals surface area contributed by atoms with Crippen molar-refractivity contribution in [2.45, 2.75) is 6.54 Å². The van der Waals surface area contributed by atoms with Crippen LogP contribution in [-0.2, 0) is 6.54 Å². The van der Waals surface area contributed by atoms with Gasteiger partial charge in [0.15, 0.2) is 0 Å². The molecule has 0 aliphatic carbocycles. The summed E-state index contributed by atoms with van der Waals surface area (Å²) in [5.41, 5.74) is 0.784. The molecule has 0 saturated heterocycles. The number of carboxylic acids is 1. The third kappa shape index (κ3) is 2.65. The SMILES string of the molecule is O=C(O)c1ccc(Cn2ncccc2=O)c(Br)c1. The molecule has 5 nitrogen and oxygen atoms in total. The summed E-state index contributed by atoms with van der Waals surface area (Å²) in [6, 6.07) is 7.66. The predicted molar refractivity (Wildman–Crippen MR) is 68.7 cm³/mol. The van der Waals surface area contributed by atoms with Crippen LogP contribution in [0.15, 0.2) is 45.8 Å². The maximum absolute atomic E-state index is 11.5. The molecule has 0 aliphatic heterocycles. The first-order valence-electron chi connectivity index (χ1n) is 5.12. The lowest BCUT2D eigenvalue weighted by atomic mass is 10.1. The average molecular weight is 309 g/mol. The summed E-state index contributed by atoms with van der Waals surface area (Å²) in [7, 11) is 0. The molecule has 0 unspecified atom stereocenters. The highest BCUT2D eigenvalue weighted by molar-refractivity contribution is 9.10. The van der Waals surface area contributed by atoms with Crippen LogP contribution in [-0.4, -0.2) is 20.9 Å². The Labute approximate surface area is 111 Å². The Hall–Kier alpha value is -1.95. The Morgan fingerprint density at radius 1 is 1.39 bits per heavy atom. The molecular weight excluding hydrogens is 300 g/mol. The molecule has 2 aromatic rings. The van der Waals surface area contributed by atoms with Crippen LogP contribution in [0.5, 0.6) is 0 Å². The van der Waals surface area contributed by atoms with Gasteiger partial charge in [0, 0.05) is 16.7 Å². The van der Waals surface area contributed by atoms with Crippen LogP contribution in [0.2, 0.25) is 0 Å². The summed E-state index contributed by atoms with van der Waals surface area (Å²) >= 11 is 3.29. The highest BCUT2D eigenvalue weighted by Gasteiger charge is 2.07. The molecule has 2 rings (SSSR count). The van der Waals surface area contributed by atoms with E-state index in [0.717, 1.165) is 5.56 Å². The van der Waals surface area contributed by atoms with Gasteiger partial charge in [-0.25, -0.2) is 9.48 Å². The van der Waals surface area contributed by atoms with Gasteiger partial charge in [0.25, 0.3) is 5.56 Å². The summed E-state index contributed by atoms with van der Waals surface area (Å²) in [5, 5.41) is 12.8. The second-order valence-corrected chi connectivity index (χ2v) is 4.49. The first kappa shape index (κ1) is 12.5. The number of halogens is 1. The Kier molecular flexibility index (Phi) is 3.57. The van der Waals surface area contributed by atoms with Gasteiger partial charge in [0.05, 0.1) is 12.1 Å². The Balaban J connectivity index is 2.33. The molecule has 1 aromatic carbocycles. The maximum atomic E-state index is 11.5. The average Bonchev–Trinajstić information content (AvgIpc) is 2.34. The second kappa shape index (κ2) is 5.14.